The van der Waals surface area contributed by atoms with Gasteiger partial charge in [-0.15, -0.1) is 0 Å². The molecular formula is C12H21N5OS. The lowest BCUT2D eigenvalue weighted by Crippen LogP contribution is -2.40. The molecule has 7 heteroatoms. The first-order valence-corrected chi connectivity index (χ1v) is 7.75. The molecule has 0 bridgehead atoms. The summed E-state index contributed by atoms with van der Waals surface area (Å²) in [6, 6.07) is 1.88. The molecule has 0 spiro atoms. The maximum absolute atomic E-state index is 5.72. The first-order valence-electron chi connectivity index (χ1n) is 6.53. The molecule has 106 valence electrons. The molecule has 0 radical (unpaired) electrons. The van der Waals surface area contributed by atoms with Gasteiger partial charge in [0.25, 0.3) is 0 Å². The fraction of sp³-hybridized carbons (Fsp3) is 0.667. The van der Waals surface area contributed by atoms with Crippen LogP contribution in [-0.4, -0.2) is 42.0 Å². The zero-order valence-electron chi connectivity index (χ0n) is 11.4. The Morgan fingerprint density at radius 1 is 1.58 bits per heavy atom. The molecule has 6 nitrogen and oxygen atoms in total. The average molecular weight is 283 g/mol. The van der Waals surface area contributed by atoms with Crippen molar-refractivity contribution in [1.29, 1.82) is 0 Å². The summed E-state index contributed by atoms with van der Waals surface area (Å²) in [5, 5.41) is 0.726. The Morgan fingerprint density at radius 2 is 2.42 bits per heavy atom. The summed E-state index contributed by atoms with van der Waals surface area (Å²) in [7, 11) is 0. The van der Waals surface area contributed by atoms with Crippen LogP contribution in [0.25, 0.3) is 0 Å². The lowest BCUT2D eigenvalue weighted by molar-refractivity contribution is 0.0525. The molecule has 19 heavy (non-hydrogen) atoms. The Balaban J connectivity index is 2.15. The third kappa shape index (κ3) is 3.71. The Morgan fingerprint density at radius 3 is 3.11 bits per heavy atom. The molecule has 1 aromatic rings. The van der Waals surface area contributed by atoms with E-state index >= 15 is 0 Å². The zero-order valence-corrected chi connectivity index (χ0v) is 12.2. The van der Waals surface area contributed by atoms with Crippen LogP contribution in [0.4, 0.5) is 11.6 Å². The van der Waals surface area contributed by atoms with Crippen LogP contribution in [0.1, 0.15) is 19.8 Å². The van der Waals surface area contributed by atoms with Crippen molar-refractivity contribution in [2.45, 2.75) is 31.0 Å². The van der Waals surface area contributed by atoms with Gasteiger partial charge in [-0.1, -0.05) is 11.8 Å². The van der Waals surface area contributed by atoms with Gasteiger partial charge in [-0.25, -0.2) is 15.8 Å². The van der Waals surface area contributed by atoms with E-state index in [4.69, 9.17) is 10.6 Å². The van der Waals surface area contributed by atoms with E-state index in [9.17, 15) is 0 Å². The van der Waals surface area contributed by atoms with Crippen LogP contribution in [0, 0.1) is 0 Å². The quantitative estimate of drug-likeness (QED) is 0.367. The molecule has 1 atom stereocenters. The monoisotopic (exact) mass is 283 g/mol. The van der Waals surface area contributed by atoms with E-state index in [1.54, 1.807) is 0 Å². The number of nitrogens with two attached hydrogens (primary N) is 1. The van der Waals surface area contributed by atoms with Gasteiger partial charge in [0.2, 0.25) is 0 Å². The number of hydrogen-bond acceptors (Lipinski definition) is 7. The molecule has 3 N–H and O–H groups in total. The van der Waals surface area contributed by atoms with Gasteiger partial charge in [0, 0.05) is 25.8 Å². The van der Waals surface area contributed by atoms with Crippen molar-refractivity contribution in [1.82, 2.24) is 9.97 Å². The first kappa shape index (κ1) is 14.4. The molecule has 1 aliphatic rings. The van der Waals surface area contributed by atoms with E-state index < -0.39 is 0 Å². The number of hydrazine groups is 1. The number of aromatic nitrogens is 2. The van der Waals surface area contributed by atoms with Crippen LogP contribution in [0.5, 0.6) is 0 Å². The van der Waals surface area contributed by atoms with E-state index in [-0.39, 0.29) is 0 Å². The molecule has 1 fully saturated rings. The van der Waals surface area contributed by atoms with Gasteiger partial charge in [0.15, 0.2) is 5.16 Å². The van der Waals surface area contributed by atoms with Gasteiger partial charge in [0.05, 0.1) is 6.10 Å². The third-order valence-electron chi connectivity index (χ3n) is 3.13. The summed E-state index contributed by atoms with van der Waals surface area (Å²) in [5.74, 6) is 7.01. The van der Waals surface area contributed by atoms with E-state index in [0.29, 0.717) is 11.9 Å². The molecule has 0 amide bonds. The molecule has 0 aromatic carbocycles. The molecule has 0 aliphatic carbocycles. The third-order valence-corrected chi connectivity index (χ3v) is 3.67. The lowest BCUT2D eigenvalue weighted by Gasteiger charge is -2.33. The van der Waals surface area contributed by atoms with Crippen LogP contribution < -0.4 is 16.2 Å². The predicted molar refractivity (Wildman–Crippen MR) is 78.5 cm³/mol. The van der Waals surface area contributed by atoms with Gasteiger partial charge in [-0.3, -0.25) is 0 Å². The number of nitrogens with one attached hydrogen (secondary N) is 1. The summed E-state index contributed by atoms with van der Waals surface area (Å²) in [6.45, 7) is 4.67. The van der Waals surface area contributed by atoms with Gasteiger partial charge in [-0.05, 0) is 26.0 Å². The minimum Gasteiger partial charge on any atom is -0.377 e. The predicted octanol–water partition coefficient (Wildman–Crippen LogP) is 1.49. The summed E-state index contributed by atoms with van der Waals surface area (Å²) in [5.41, 5.74) is 2.60. The Kier molecular flexibility index (Phi) is 5.24. The van der Waals surface area contributed by atoms with Crippen molar-refractivity contribution in [3.05, 3.63) is 6.07 Å². The molecule has 0 saturated carbocycles. The highest BCUT2D eigenvalue weighted by molar-refractivity contribution is 7.98. The molecule has 1 unspecified atom stereocenters. The van der Waals surface area contributed by atoms with Crippen LogP contribution in [0.3, 0.4) is 0 Å². The van der Waals surface area contributed by atoms with E-state index in [0.717, 1.165) is 43.5 Å². The molecule has 1 aromatic heterocycles. The zero-order chi connectivity index (χ0) is 13.7. The van der Waals surface area contributed by atoms with Crippen molar-refractivity contribution >= 4 is 23.4 Å². The minimum atomic E-state index is 0.292. The molecule has 2 rings (SSSR count). The highest BCUT2D eigenvalue weighted by atomic mass is 32.2. The van der Waals surface area contributed by atoms with E-state index in [2.05, 4.69) is 20.3 Å². The summed E-state index contributed by atoms with van der Waals surface area (Å²) >= 11 is 1.51. The van der Waals surface area contributed by atoms with E-state index in [1.165, 1.54) is 11.8 Å². The number of thioether (sulfide) groups is 1. The number of anilines is 2. The summed E-state index contributed by atoms with van der Waals surface area (Å²) in [4.78, 5) is 11.1. The topological polar surface area (TPSA) is 76.3 Å². The van der Waals surface area contributed by atoms with Crippen molar-refractivity contribution in [3.63, 3.8) is 0 Å². The second-order valence-corrected chi connectivity index (χ2v) is 5.18. The average Bonchev–Trinajstić information content (AvgIpc) is 2.47. The molecule has 2 heterocycles. The van der Waals surface area contributed by atoms with Crippen molar-refractivity contribution in [2.75, 3.05) is 36.3 Å². The second-order valence-electron chi connectivity index (χ2n) is 4.41. The van der Waals surface area contributed by atoms with Crippen molar-refractivity contribution in [2.24, 2.45) is 5.84 Å². The Bertz CT molecular complexity index is 393. The standard InChI is InChI=1S/C12H21N5OS/c1-3-18-9-5-4-6-17(8-9)11-7-10(16-13)14-12(15-11)19-2/h7,9H,3-6,8,13H2,1-2H3,(H,14,15,16). The first-order chi connectivity index (χ1) is 9.26. The number of nitrogens with zero attached hydrogens (tertiary/aromatic N) is 3. The number of nitrogen functional groups attached to an aromatic ring is 1. The fourth-order valence-electron chi connectivity index (χ4n) is 2.26. The number of rotatable bonds is 5. The van der Waals surface area contributed by atoms with Crippen LogP contribution in [0.2, 0.25) is 0 Å². The van der Waals surface area contributed by atoms with Crippen LogP contribution >= 0.6 is 11.8 Å². The van der Waals surface area contributed by atoms with Crippen LogP contribution in [0.15, 0.2) is 11.2 Å². The number of hydrogen-bond donors (Lipinski definition) is 2. The smallest absolute Gasteiger partial charge is 0.191 e. The van der Waals surface area contributed by atoms with Gasteiger partial charge in [-0.2, -0.15) is 0 Å². The minimum absolute atomic E-state index is 0.292. The lowest BCUT2D eigenvalue weighted by atomic mass is 10.1. The number of piperidine rings is 1. The van der Waals surface area contributed by atoms with Gasteiger partial charge >= 0.3 is 0 Å². The maximum Gasteiger partial charge on any atom is 0.191 e. The Labute approximate surface area is 118 Å². The van der Waals surface area contributed by atoms with E-state index in [1.807, 2.05) is 19.2 Å². The molecule has 1 aliphatic heterocycles. The fourth-order valence-corrected chi connectivity index (χ4v) is 2.63. The number of ether oxygens (including phenoxy) is 1. The summed E-state index contributed by atoms with van der Waals surface area (Å²) < 4.78 is 5.72. The summed E-state index contributed by atoms with van der Waals surface area (Å²) in [6.07, 6.45) is 4.49. The molecular weight excluding hydrogens is 262 g/mol. The van der Waals surface area contributed by atoms with Crippen molar-refractivity contribution < 1.29 is 4.74 Å². The maximum atomic E-state index is 5.72. The Hall–Kier alpha value is -1.05. The van der Waals surface area contributed by atoms with Gasteiger partial charge in [0.1, 0.15) is 11.6 Å². The SMILES string of the molecule is CCOC1CCCN(c2cc(NN)nc(SC)n2)C1. The normalized spacial score (nSPS) is 19.5. The molecule has 1 saturated heterocycles. The van der Waals surface area contributed by atoms with Crippen molar-refractivity contribution in [3.8, 4) is 0 Å². The van der Waals surface area contributed by atoms with Crippen LogP contribution in [-0.2, 0) is 4.74 Å². The second kappa shape index (κ2) is 6.93. The largest absolute Gasteiger partial charge is 0.377 e. The van der Waals surface area contributed by atoms with Gasteiger partial charge < -0.3 is 15.1 Å². The highest BCUT2D eigenvalue weighted by Crippen LogP contribution is 2.23. The highest BCUT2D eigenvalue weighted by Gasteiger charge is 2.21.